The molecule has 1 heterocycles. The Morgan fingerprint density at radius 2 is 1.56 bits per heavy atom. The van der Waals surface area contributed by atoms with Crippen LogP contribution in [-0.2, 0) is 7.05 Å². The molecule has 0 unspecified atom stereocenters. The lowest BCUT2D eigenvalue weighted by Crippen LogP contribution is -2.02. The van der Waals surface area contributed by atoms with Gasteiger partial charge in [-0.1, -0.05) is 45.9 Å². The van der Waals surface area contributed by atoms with E-state index in [1.54, 1.807) is 0 Å². The van der Waals surface area contributed by atoms with Gasteiger partial charge in [-0.25, -0.2) is 0 Å². The summed E-state index contributed by atoms with van der Waals surface area (Å²) in [5.74, 6) is 1.17. The number of rotatable bonds is 2. The molecule has 1 heteroatoms. The number of nitrogens with zero attached hydrogens (tertiary/aromatic N) is 1. The van der Waals surface area contributed by atoms with Gasteiger partial charge in [0.25, 0.3) is 0 Å². The Labute approximate surface area is 98.1 Å². The van der Waals surface area contributed by atoms with E-state index in [4.69, 9.17) is 0 Å². The highest BCUT2D eigenvalue weighted by atomic mass is 15.0. The molecule has 0 amide bonds. The molecule has 0 fully saturated rings. The Balaban J connectivity index is 2.86. The van der Waals surface area contributed by atoms with Crippen molar-refractivity contribution >= 4 is 10.9 Å². The van der Waals surface area contributed by atoms with E-state index in [1.165, 1.54) is 22.2 Å². The van der Waals surface area contributed by atoms with Gasteiger partial charge in [0.1, 0.15) is 0 Å². The van der Waals surface area contributed by atoms with E-state index in [1.807, 2.05) is 0 Å². The quantitative estimate of drug-likeness (QED) is 0.698. The van der Waals surface area contributed by atoms with Crippen LogP contribution in [0.2, 0.25) is 0 Å². The molecule has 0 radical (unpaired) electrons. The van der Waals surface area contributed by atoms with Crippen LogP contribution in [0.5, 0.6) is 0 Å². The Hall–Kier alpha value is -1.24. The molecule has 1 nitrogen and oxygen atoms in total. The molecule has 0 aliphatic carbocycles. The standard InChI is InChI=1S/C15H21N/c1-10(2)14-12-8-6-7-9-13(12)16(5)15(14)11(3)4/h6-11H,1-5H3. The molecule has 0 saturated carbocycles. The summed E-state index contributed by atoms with van der Waals surface area (Å²) >= 11 is 0. The van der Waals surface area contributed by atoms with Crippen LogP contribution in [0.25, 0.3) is 10.9 Å². The first-order chi connectivity index (χ1) is 7.54. The van der Waals surface area contributed by atoms with Crippen LogP contribution in [-0.4, -0.2) is 4.57 Å². The van der Waals surface area contributed by atoms with Crippen LogP contribution in [0.4, 0.5) is 0 Å². The molecule has 2 aromatic rings. The van der Waals surface area contributed by atoms with Crippen molar-refractivity contribution in [1.82, 2.24) is 4.57 Å². The van der Waals surface area contributed by atoms with Crippen molar-refractivity contribution in [3.05, 3.63) is 35.5 Å². The van der Waals surface area contributed by atoms with Crippen molar-refractivity contribution in [3.8, 4) is 0 Å². The number of para-hydroxylation sites is 1. The number of hydrogen-bond donors (Lipinski definition) is 0. The second-order valence-corrected chi connectivity index (χ2v) is 5.18. The highest BCUT2D eigenvalue weighted by Gasteiger charge is 2.18. The van der Waals surface area contributed by atoms with Gasteiger partial charge >= 0.3 is 0 Å². The minimum Gasteiger partial charge on any atom is -0.347 e. The van der Waals surface area contributed by atoms with Gasteiger partial charge in [-0.3, -0.25) is 0 Å². The predicted octanol–water partition coefficient (Wildman–Crippen LogP) is 4.43. The van der Waals surface area contributed by atoms with E-state index in [0.29, 0.717) is 11.8 Å². The van der Waals surface area contributed by atoms with Crippen LogP contribution >= 0.6 is 0 Å². The lowest BCUT2D eigenvalue weighted by atomic mass is 9.95. The minimum absolute atomic E-state index is 0.579. The molecule has 0 N–H and O–H groups in total. The molecular formula is C15H21N. The second kappa shape index (κ2) is 3.97. The topological polar surface area (TPSA) is 4.93 Å². The van der Waals surface area contributed by atoms with E-state index in [2.05, 4.69) is 63.6 Å². The molecule has 1 aromatic heterocycles. The van der Waals surface area contributed by atoms with E-state index in [0.717, 1.165) is 0 Å². The van der Waals surface area contributed by atoms with Gasteiger partial charge in [-0.05, 0) is 23.5 Å². The van der Waals surface area contributed by atoms with E-state index < -0.39 is 0 Å². The number of fused-ring (bicyclic) bond motifs is 1. The van der Waals surface area contributed by atoms with Gasteiger partial charge in [-0.15, -0.1) is 0 Å². The monoisotopic (exact) mass is 215 g/mol. The predicted molar refractivity (Wildman–Crippen MR) is 71.1 cm³/mol. The number of hydrogen-bond acceptors (Lipinski definition) is 0. The Kier molecular flexibility index (Phi) is 2.79. The van der Waals surface area contributed by atoms with Crippen molar-refractivity contribution in [2.24, 2.45) is 7.05 Å². The Bertz CT molecular complexity index is 503. The third-order valence-corrected chi connectivity index (χ3v) is 3.32. The van der Waals surface area contributed by atoms with Crippen molar-refractivity contribution in [1.29, 1.82) is 0 Å². The van der Waals surface area contributed by atoms with Crippen LogP contribution in [0.15, 0.2) is 24.3 Å². The fourth-order valence-corrected chi connectivity index (χ4v) is 2.75. The summed E-state index contributed by atoms with van der Waals surface area (Å²) in [4.78, 5) is 0. The van der Waals surface area contributed by atoms with Crippen LogP contribution in [0, 0.1) is 0 Å². The SMILES string of the molecule is CC(C)c1c(C(C)C)n(C)c2ccccc12. The summed E-state index contributed by atoms with van der Waals surface area (Å²) in [5, 5.41) is 1.42. The fourth-order valence-electron chi connectivity index (χ4n) is 2.75. The first-order valence-corrected chi connectivity index (χ1v) is 6.11. The average molecular weight is 215 g/mol. The molecule has 0 aliphatic rings. The maximum absolute atomic E-state index is 2.36. The molecule has 0 aliphatic heterocycles. The highest BCUT2D eigenvalue weighted by molar-refractivity contribution is 5.86. The summed E-state index contributed by atoms with van der Waals surface area (Å²) in [6, 6.07) is 8.72. The molecule has 0 bridgehead atoms. The smallest absolute Gasteiger partial charge is 0.0482 e. The average Bonchev–Trinajstić information content (AvgIpc) is 2.53. The van der Waals surface area contributed by atoms with Crippen LogP contribution < -0.4 is 0 Å². The summed E-state index contributed by atoms with van der Waals surface area (Å²) < 4.78 is 2.36. The second-order valence-electron chi connectivity index (χ2n) is 5.18. The van der Waals surface area contributed by atoms with Crippen molar-refractivity contribution in [2.75, 3.05) is 0 Å². The van der Waals surface area contributed by atoms with Crippen molar-refractivity contribution in [3.63, 3.8) is 0 Å². The number of aryl methyl sites for hydroxylation is 1. The summed E-state index contributed by atoms with van der Waals surface area (Å²) in [7, 11) is 2.18. The van der Waals surface area contributed by atoms with Gasteiger partial charge in [0, 0.05) is 23.6 Å². The largest absolute Gasteiger partial charge is 0.347 e. The lowest BCUT2D eigenvalue weighted by molar-refractivity contribution is 0.720. The molecule has 0 spiro atoms. The maximum atomic E-state index is 2.36. The van der Waals surface area contributed by atoms with Crippen molar-refractivity contribution in [2.45, 2.75) is 39.5 Å². The first kappa shape index (κ1) is 11.3. The molecule has 86 valence electrons. The van der Waals surface area contributed by atoms with Crippen molar-refractivity contribution < 1.29 is 0 Å². The molecule has 1 aromatic carbocycles. The summed E-state index contributed by atoms with van der Waals surface area (Å²) in [5.41, 5.74) is 4.36. The number of benzene rings is 1. The zero-order valence-electron chi connectivity index (χ0n) is 10.9. The van der Waals surface area contributed by atoms with E-state index in [9.17, 15) is 0 Å². The fraction of sp³-hybridized carbons (Fsp3) is 0.467. The summed E-state index contributed by atoms with van der Waals surface area (Å²) in [6.45, 7) is 9.13. The Morgan fingerprint density at radius 1 is 0.938 bits per heavy atom. The first-order valence-electron chi connectivity index (χ1n) is 6.11. The molecular weight excluding hydrogens is 194 g/mol. The van der Waals surface area contributed by atoms with Gasteiger partial charge in [0.15, 0.2) is 0 Å². The molecule has 0 atom stereocenters. The van der Waals surface area contributed by atoms with E-state index in [-0.39, 0.29) is 0 Å². The molecule has 2 rings (SSSR count). The van der Waals surface area contributed by atoms with Gasteiger partial charge in [0.2, 0.25) is 0 Å². The van der Waals surface area contributed by atoms with E-state index >= 15 is 0 Å². The van der Waals surface area contributed by atoms with Gasteiger partial charge in [0.05, 0.1) is 0 Å². The maximum Gasteiger partial charge on any atom is 0.0482 e. The normalized spacial score (nSPS) is 11.9. The third-order valence-electron chi connectivity index (χ3n) is 3.32. The van der Waals surface area contributed by atoms with Crippen LogP contribution in [0.1, 0.15) is 50.8 Å². The highest BCUT2D eigenvalue weighted by Crippen LogP contribution is 2.34. The molecule has 16 heavy (non-hydrogen) atoms. The zero-order chi connectivity index (χ0) is 11.9. The third kappa shape index (κ3) is 1.55. The summed E-state index contributed by atoms with van der Waals surface area (Å²) in [6.07, 6.45) is 0. The van der Waals surface area contributed by atoms with Gasteiger partial charge < -0.3 is 4.57 Å². The zero-order valence-corrected chi connectivity index (χ0v) is 10.9. The molecule has 0 saturated heterocycles. The minimum atomic E-state index is 0.579. The Morgan fingerprint density at radius 3 is 2.12 bits per heavy atom. The number of aromatic nitrogens is 1. The van der Waals surface area contributed by atoms with Gasteiger partial charge in [-0.2, -0.15) is 0 Å². The van der Waals surface area contributed by atoms with Crippen LogP contribution in [0.3, 0.4) is 0 Å². The lowest BCUT2D eigenvalue weighted by Gasteiger charge is -2.13.